The second kappa shape index (κ2) is 11.5. The van der Waals surface area contributed by atoms with E-state index in [1.807, 2.05) is 27.7 Å². The third-order valence-electron chi connectivity index (χ3n) is 5.24. The van der Waals surface area contributed by atoms with E-state index in [1.54, 1.807) is 24.3 Å². The number of hydrogen-bond acceptors (Lipinski definition) is 5. The fourth-order valence-corrected chi connectivity index (χ4v) is 3.70. The summed E-state index contributed by atoms with van der Waals surface area (Å²) in [6.45, 7) is 7.72. The van der Waals surface area contributed by atoms with Crippen molar-refractivity contribution in [2.75, 3.05) is 6.61 Å². The summed E-state index contributed by atoms with van der Waals surface area (Å²) in [5.41, 5.74) is 4.57. The van der Waals surface area contributed by atoms with Gasteiger partial charge in [-0.15, -0.1) is 0 Å². The Bertz CT molecular complexity index is 878. The number of pyridine rings is 1. The van der Waals surface area contributed by atoms with Crippen molar-refractivity contribution in [3.05, 3.63) is 58.7 Å². The van der Waals surface area contributed by atoms with Crippen LogP contribution in [0.15, 0.2) is 30.3 Å². The number of aromatic nitrogens is 1. The van der Waals surface area contributed by atoms with Crippen LogP contribution in [0.3, 0.4) is 0 Å². The van der Waals surface area contributed by atoms with Crippen LogP contribution >= 0.6 is 0 Å². The third kappa shape index (κ3) is 6.43. The zero-order chi connectivity index (χ0) is 23.1. The molecule has 2 rings (SSSR count). The molecule has 0 bridgehead atoms. The molecule has 170 valence electrons. The highest BCUT2D eigenvalue weighted by atomic mass is 19.1. The van der Waals surface area contributed by atoms with Crippen LogP contribution in [0.25, 0.3) is 17.2 Å². The lowest BCUT2D eigenvalue weighted by molar-refractivity contribution is 0.0827. The molecule has 5 nitrogen and oxygen atoms in total. The van der Waals surface area contributed by atoms with Crippen LogP contribution in [0.1, 0.15) is 74.9 Å². The Hall–Kier alpha value is -2.12. The SMILES string of the molecule is CC(C)c1nc(C(C)C)c(CO)c(-c2ccc(F)cc2)c1/C=C/C(O)CC(O)CCO. The van der Waals surface area contributed by atoms with Gasteiger partial charge in [0.05, 0.1) is 24.5 Å². The average Bonchev–Trinajstić information content (AvgIpc) is 2.71. The summed E-state index contributed by atoms with van der Waals surface area (Å²) >= 11 is 0. The van der Waals surface area contributed by atoms with Crippen molar-refractivity contribution < 1.29 is 24.8 Å². The van der Waals surface area contributed by atoms with Gasteiger partial charge in [0.25, 0.3) is 0 Å². The maximum atomic E-state index is 13.6. The van der Waals surface area contributed by atoms with Crippen molar-refractivity contribution >= 4 is 6.08 Å². The van der Waals surface area contributed by atoms with Gasteiger partial charge < -0.3 is 20.4 Å². The zero-order valence-corrected chi connectivity index (χ0v) is 18.7. The first-order chi connectivity index (χ1) is 14.7. The molecule has 0 saturated heterocycles. The molecule has 1 heterocycles. The normalized spacial score (nSPS) is 14.0. The molecule has 2 atom stereocenters. The minimum absolute atomic E-state index is 0.0706. The molecule has 6 heteroatoms. The molecule has 1 aromatic carbocycles. The largest absolute Gasteiger partial charge is 0.396 e. The molecule has 0 amide bonds. The number of nitrogens with zero attached hydrogens (tertiary/aromatic N) is 1. The zero-order valence-electron chi connectivity index (χ0n) is 18.7. The van der Waals surface area contributed by atoms with Gasteiger partial charge in [0.15, 0.2) is 0 Å². The van der Waals surface area contributed by atoms with Gasteiger partial charge >= 0.3 is 0 Å². The topological polar surface area (TPSA) is 93.8 Å². The van der Waals surface area contributed by atoms with Crippen LogP contribution in [0.4, 0.5) is 4.39 Å². The van der Waals surface area contributed by atoms with Crippen molar-refractivity contribution in [1.82, 2.24) is 4.98 Å². The highest BCUT2D eigenvalue weighted by Crippen LogP contribution is 2.37. The van der Waals surface area contributed by atoms with E-state index < -0.39 is 12.2 Å². The highest BCUT2D eigenvalue weighted by molar-refractivity contribution is 5.80. The van der Waals surface area contributed by atoms with Gasteiger partial charge in [-0.2, -0.15) is 0 Å². The summed E-state index contributed by atoms with van der Waals surface area (Å²) < 4.78 is 13.6. The van der Waals surface area contributed by atoms with Crippen molar-refractivity contribution in [2.45, 2.75) is 71.2 Å². The Morgan fingerprint density at radius 1 is 0.968 bits per heavy atom. The first kappa shape index (κ1) is 25.1. The van der Waals surface area contributed by atoms with Crippen molar-refractivity contribution in [1.29, 1.82) is 0 Å². The van der Waals surface area contributed by atoms with Crippen molar-refractivity contribution in [2.24, 2.45) is 0 Å². The van der Waals surface area contributed by atoms with Crippen molar-refractivity contribution in [3.8, 4) is 11.1 Å². The highest BCUT2D eigenvalue weighted by Gasteiger charge is 2.22. The molecule has 0 saturated carbocycles. The fourth-order valence-electron chi connectivity index (χ4n) is 3.70. The third-order valence-corrected chi connectivity index (χ3v) is 5.24. The summed E-state index contributed by atoms with van der Waals surface area (Å²) in [7, 11) is 0. The molecule has 31 heavy (non-hydrogen) atoms. The van der Waals surface area contributed by atoms with E-state index in [4.69, 9.17) is 10.1 Å². The molecule has 0 aliphatic carbocycles. The Labute approximate surface area is 183 Å². The van der Waals surface area contributed by atoms with Gasteiger partial charge in [0.2, 0.25) is 0 Å². The van der Waals surface area contributed by atoms with Gasteiger partial charge in [0, 0.05) is 29.8 Å². The van der Waals surface area contributed by atoms with Crippen LogP contribution in [0, 0.1) is 5.82 Å². The summed E-state index contributed by atoms with van der Waals surface area (Å²) in [5.74, 6) is -0.195. The summed E-state index contributed by atoms with van der Waals surface area (Å²) in [5, 5.41) is 39.4. The first-order valence-corrected chi connectivity index (χ1v) is 10.8. The maximum Gasteiger partial charge on any atom is 0.123 e. The second-order valence-electron chi connectivity index (χ2n) is 8.45. The molecule has 2 aromatic rings. The van der Waals surface area contributed by atoms with Crippen LogP contribution in [0.2, 0.25) is 0 Å². The van der Waals surface area contributed by atoms with Crippen LogP contribution in [-0.2, 0) is 6.61 Å². The molecule has 0 aliphatic rings. The minimum atomic E-state index is -0.912. The predicted octanol–water partition coefficient (Wildman–Crippen LogP) is 4.13. The van der Waals surface area contributed by atoms with E-state index in [2.05, 4.69) is 0 Å². The molecule has 2 unspecified atom stereocenters. The minimum Gasteiger partial charge on any atom is -0.396 e. The first-order valence-electron chi connectivity index (χ1n) is 10.8. The van der Waals surface area contributed by atoms with Crippen LogP contribution < -0.4 is 0 Å². The van der Waals surface area contributed by atoms with Gasteiger partial charge in [-0.25, -0.2) is 4.39 Å². The Kier molecular flexibility index (Phi) is 9.32. The smallest absolute Gasteiger partial charge is 0.123 e. The Morgan fingerprint density at radius 3 is 2.10 bits per heavy atom. The van der Waals surface area contributed by atoms with Crippen LogP contribution in [-0.4, -0.2) is 44.2 Å². The Balaban J connectivity index is 2.68. The standard InChI is InChI=1S/C25H34FNO4/c1-15(2)24-21(10-9-19(30)13-20(31)11-12-28)23(17-5-7-18(26)8-6-17)22(14-29)25(27-24)16(3)4/h5-10,15-16,19-20,28-31H,11-14H2,1-4H3/b10-9+. The number of rotatable bonds is 10. The predicted molar refractivity (Wildman–Crippen MR) is 121 cm³/mol. The van der Waals surface area contributed by atoms with Gasteiger partial charge in [-0.3, -0.25) is 4.98 Å². The molecule has 0 spiro atoms. The summed E-state index contributed by atoms with van der Waals surface area (Å²) in [6, 6.07) is 6.12. The van der Waals surface area contributed by atoms with E-state index in [-0.39, 0.29) is 43.7 Å². The Morgan fingerprint density at radius 2 is 1.58 bits per heavy atom. The molecule has 0 radical (unpaired) electrons. The second-order valence-corrected chi connectivity index (χ2v) is 8.45. The summed E-state index contributed by atoms with van der Waals surface area (Å²) in [6.07, 6.45) is 1.94. The van der Waals surface area contributed by atoms with E-state index in [0.717, 1.165) is 28.1 Å². The number of aliphatic hydroxyl groups excluding tert-OH is 4. The molecular formula is C25H34FNO4. The quantitative estimate of drug-likeness (QED) is 0.454. The lowest BCUT2D eigenvalue weighted by atomic mass is 9.87. The number of benzene rings is 1. The molecular weight excluding hydrogens is 397 g/mol. The maximum absolute atomic E-state index is 13.6. The molecule has 1 aromatic heterocycles. The van der Waals surface area contributed by atoms with Gasteiger partial charge in [0.1, 0.15) is 5.82 Å². The average molecular weight is 432 g/mol. The lowest BCUT2D eigenvalue weighted by Gasteiger charge is -2.23. The van der Waals surface area contributed by atoms with E-state index in [1.165, 1.54) is 12.1 Å². The summed E-state index contributed by atoms with van der Waals surface area (Å²) in [4.78, 5) is 4.87. The monoisotopic (exact) mass is 431 g/mol. The van der Waals surface area contributed by atoms with Crippen LogP contribution in [0.5, 0.6) is 0 Å². The van der Waals surface area contributed by atoms with Gasteiger partial charge in [-0.1, -0.05) is 52.0 Å². The van der Waals surface area contributed by atoms with E-state index in [0.29, 0.717) is 5.56 Å². The lowest BCUT2D eigenvalue weighted by Crippen LogP contribution is -2.17. The fraction of sp³-hybridized carbons (Fsp3) is 0.480. The van der Waals surface area contributed by atoms with E-state index >= 15 is 0 Å². The number of halogens is 1. The van der Waals surface area contributed by atoms with Gasteiger partial charge in [-0.05, 0) is 41.5 Å². The molecule has 0 fully saturated rings. The molecule has 0 aliphatic heterocycles. The number of aliphatic hydroxyl groups is 4. The van der Waals surface area contributed by atoms with Crippen molar-refractivity contribution in [3.63, 3.8) is 0 Å². The number of hydrogen-bond donors (Lipinski definition) is 4. The molecule has 4 N–H and O–H groups in total. The van der Waals surface area contributed by atoms with E-state index in [9.17, 15) is 19.7 Å².